The van der Waals surface area contributed by atoms with Gasteiger partial charge in [0.1, 0.15) is 0 Å². The zero-order valence-electron chi connectivity index (χ0n) is 17.4. The van der Waals surface area contributed by atoms with Gasteiger partial charge >= 0.3 is 5.71 Å². The molecule has 4 rings (SSSR count). The number of hydrogen-bond donors (Lipinski definition) is 0. The van der Waals surface area contributed by atoms with Crippen LogP contribution in [0.25, 0.3) is 5.53 Å². The molecule has 8 heteroatoms. The molecule has 0 bridgehead atoms. The fourth-order valence-electron chi connectivity index (χ4n) is 2.83. The number of carbonyl (C=O) groups excluding carboxylic acids is 1. The molecule has 0 saturated carbocycles. The third-order valence-electron chi connectivity index (χ3n) is 4.52. The predicted molar refractivity (Wildman–Crippen MR) is 125 cm³/mol. The molecule has 162 valence electrons. The molecule has 0 fully saturated rings. The summed E-state index contributed by atoms with van der Waals surface area (Å²) in [5.41, 5.74) is 11.0. The van der Waals surface area contributed by atoms with Crippen LogP contribution in [-0.2, 0) is 0 Å². The van der Waals surface area contributed by atoms with Gasteiger partial charge in [0.2, 0.25) is 0 Å². The third kappa shape index (κ3) is 6.58. The van der Waals surface area contributed by atoms with Gasteiger partial charge < -0.3 is 5.53 Å². The van der Waals surface area contributed by atoms with Crippen molar-refractivity contribution in [1.82, 2.24) is 0 Å². The second-order valence-electron chi connectivity index (χ2n) is 6.76. The fourth-order valence-corrected chi connectivity index (χ4v) is 2.83. The molecule has 1 unspecified atom stereocenters. The highest BCUT2D eigenvalue weighted by molar-refractivity contribution is 6.09. The van der Waals surface area contributed by atoms with E-state index in [2.05, 4.69) is 15.0 Å². The summed E-state index contributed by atoms with van der Waals surface area (Å²) in [6.45, 7) is 0. The molecule has 3 aromatic rings. The highest BCUT2D eigenvalue weighted by Crippen LogP contribution is 2.15. The molecule has 33 heavy (non-hydrogen) atoms. The van der Waals surface area contributed by atoms with Crippen LogP contribution >= 0.6 is 0 Å². The van der Waals surface area contributed by atoms with Crippen molar-refractivity contribution in [3.8, 4) is 0 Å². The van der Waals surface area contributed by atoms with Crippen LogP contribution in [0.2, 0.25) is 0 Å². The van der Waals surface area contributed by atoms with E-state index in [1.807, 2.05) is 48.6 Å². The quantitative estimate of drug-likeness (QED) is 0.166. The average Bonchev–Trinajstić information content (AvgIpc) is 2.88. The number of carbonyl (C=O) groups is 1. The summed E-state index contributed by atoms with van der Waals surface area (Å²) < 4.78 is 0. The molecule has 8 nitrogen and oxygen atoms in total. The zero-order chi connectivity index (χ0) is 23.5. The second kappa shape index (κ2) is 11.5. The van der Waals surface area contributed by atoms with Gasteiger partial charge in [-0.25, -0.2) is 0 Å². The minimum atomic E-state index is -0.489. The van der Waals surface area contributed by atoms with Gasteiger partial charge in [0, 0.05) is 29.3 Å². The van der Waals surface area contributed by atoms with Crippen LogP contribution in [0, 0.1) is 10.1 Å². The summed E-state index contributed by atoms with van der Waals surface area (Å²) in [5, 5.41) is 18.7. The van der Waals surface area contributed by atoms with E-state index in [4.69, 9.17) is 5.53 Å². The fraction of sp³-hybridized carbons (Fsp3) is 0.0400. The molecular formula is C25H19N5O3. The van der Waals surface area contributed by atoms with Crippen molar-refractivity contribution in [1.29, 1.82) is 0 Å². The average molecular weight is 437 g/mol. The molecule has 0 aliphatic heterocycles. The summed E-state index contributed by atoms with van der Waals surface area (Å²) in [7, 11) is 0. The molecule has 0 N–H and O–H groups in total. The minimum Gasteiger partial charge on any atom is -0.361 e. The van der Waals surface area contributed by atoms with Crippen LogP contribution in [0.4, 0.5) is 11.4 Å². The first-order chi connectivity index (χ1) is 16.1. The summed E-state index contributed by atoms with van der Waals surface area (Å²) in [4.78, 5) is 25.1. The topological polar surface area (TPSA) is 121 Å². The number of ketones is 1. The number of rotatable bonds is 5. The van der Waals surface area contributed by atoms with E-state index in [9.17, 15) is 14.9 Å². The standard InChI is InChI=1S/C13H9NO3.C12H10N4/c15-13(10-4-2-1-3-5-10)11-6-8-12(9-7-11)14(16)17;13-14-11-8-4-5-9-12(11)16-15-10-6-2-1-3-7-10/h1-9H;1-9,12H. The van der Waals surface area contributed by atoms with E-state index >= 15 is 0 Å². The van der Waals surface area contributed by atoms with Gasteiger partial charge in [0.25, 0.3) is 5.69 Å². The van der Waals surface area contributed by atoms with Crippen molar-refractivity contribution in [3.63, 3.8) is 0 Å². The van der Waals surface area contributed by atoms with Crippen molar-refractivity contribution < 1.29 is 14.5 Å². The van der Waals surface area contributed by atoms with Crippen LogP contribution in [0.5, 0.6) is 0 Å². The van der Waals surface area contributed by atoms with Crippen LogP contribution in [-0.4, -0.2) is 27.2 Å². The molecule has 0 radical (unpaired) electrons. The summed E-state index contributed by atoms with van der Waals surface area (Å²) >= 11 is 0. The smallest absolute Gasteiger partial charge is 0.322 e. The second-order valence-corrected chi connectivity index (χ2v) is 6.76. The van der Waals surface area contributed by atoms with Crippen molar-refractivity contribution >= 4 is 22.9 Å². The molecule has 1 atom stereocenters. The normalized spacial score (nSPS) is 14.3. The third-order valence-corrected chi connectivity index (χ3v) is 4.52. The van der Waals surface area contributed by atoms with Crippen molar-refractivity contribution in [2.75, 3.05) is 0 Å². The van der Waals surface area contributed by atoms with E-state index in [1.165, 1.54) is 24.3 Å². The van der Waals surface area contributed by atoms with Crippen molar-refractivity contribution in [2.24, 2.45) is 10.2 Å². The van der Waals surface area contributed by atoms with Crippen molar-refractivity contribution in [3.05, 3.63) is 136 Å². The van der Waals surface area contributed by atoms with E-state index in [1.54, 1.807) is 36.4 Å². The Morgan fingerprint density at radius 3 is 2.09 bits per heavy atom. The van der Waals surface area contributed by atoms with Crippen LogP contribution < -0.4 is 0 Å². The molecular weight excluding hydrogens is 418 g/mol. The summed E-state index contributed by atoms with van der Waals surface area (Å²) in [6, 6.07) is 23.5. The predicted octanol–water partition coefficient (Wildman–Crippen LogP) is 5.76. The highest BCUT2D eigenvalue weighted by atomic mass is 16.6. The molecule has 0 spiro atoms. The Balaban J connectivity index is 0.000000186. The monoisotopic (exact) mass is 437 g/mol. The van der Waals surface area contributed by atoms with E-state index in [-0.39, 0.29) is 17.5 Å². The number of azo groups is 1. The van der Waals surface area contributed by atoms with Gasteiger partial charge in [-0.1, -0.05) is 60.7 Å². The Morgan fingerprint density at radius 1 is 0.879 bits per heavy atom. The molecule has 1 aliphatic rings. The lowest BCUT2D eigenvalue weighted by Crippen LogP contribution is -2.16. The largest absolute Gasteiger partial charge is 0.361 e. The van der Waals surface area contributed by atoms with E-state index in [0.717, 1.165) is 5.69 Å². The first-order valence-electron chi connectivity index (χ1n) is 9.95. The highest BCUT2D eigenvalue weighted by Gasteiger charge is 2.19. The number of nitro benzene ring substituents is 1. The zero-order valence-corrected chi connectivity index (χ0v) is 17.4. The molecule has 0 amide bonds. The van der Waals surface area contributed by atoms with Gasteiger partial charge in [0.15, 0.2) is 11.8 Å². The number of hydrogen-bond acceptors (Lipinski definition) is 5. The van der Waals surface area contributed by atoms with Crippen LogP contribution in [0.3, 0.4) is 0 Å². The number of nitrogens with zero attached hydrogens (tertiary/aromatic N) is 5. The van der Waals surface area contributed by atoms with Gasteiger partial charge in [-0.3, -0.25) is 14.9 Å². The molecule has 0 saturated heterocycles. The van der Waals surface area contributed by atoms with Gasteiger partial charge in [-0.2, -0.15) is 15.0 Å². The van der Waals surface area contributed by atoms with E-state index < -0.39 is 4.92 Å². The lowest BCUT2D eigenvalue weighted by atomic mass is 10.0. The lowest BCUT2D eigenvalue weighted by molar-refractivity contribution is -0.384. The van der Waals surface area contributed by atoms with Gasteiger partial charge in [-0.15, -0.1) is 0 Å². The van der Waals surface area contributed by atoms with Gasteiger partial charge in [0.05, 0.1) is 10.6 Å². The maximum atomic E-state index is 12.0. The van der Waals surface area contributed by atoms with Crippen LogP contribution in [0.1, 0.15) is 15.9 Å². The first kappa shape index (κ1) is 22.9. The Hall–Kier alpha value is -4.81. The Kier molecular flexibility index (Phi) is 8.00. The van der Waals surface area contributed by atoms with Gasteiger partial charge in [-0.05, 0) is 30.3 Å². The number of non-ortho nitro benzene ring substituents is 1. The summed E-state index contributed by atoms with van der Waals surface area (Å²) in [6.07, 6.45) is 7.17. The maximum absolute atomic E-state index is 12.0. The van der Waals surface area contributed by atoms with Crippen molar-refractivity contribution in [2.45, 2.75) is 6.04 Å². The SMILES string of the molecule is O=C(c1ccccc1)c1ccc([N+](=O)[O-])cc1.[N-]=[N+]=C1C=CC=CC1N=Nc1ccccc1. The number of nitro groups is 1. The lowest BCUT2D eigenvalue weighted by Gasteiger charge is -2.00. The molecule has 0 aromatic heterocycles. The minimum absolute atomic E-state index is 0.0189. The number of benzene rings is 3. The van der Waals surface area contributed by atoms with Crippen LogP contribution in [0.15, 0.2) is 119 Å². The molecule has 1 aliphatic carbocycles. The Morgan fingerprint density at radius 2 is 1.48 bits per heavy atom. The summed E-state index contributed by atoms with van der Waals surface area (Å²) in [5.74, 6) is -0.138. The Labute approximate surface area is 190 Å². The number of allylic oxidation sites excluding steroid dienone is 2. The molecule has 3 aromatic carbocycles. The maximum Gasteiger partial charge on any atom is 0.322 e. The first-order valence-corrected chi connectivity index (χ1v) is 9.95. The molecule has 0 heterocycles. The van der Waals surface area contributed by atoms with E-state index in [0.29, 0.717) is 16.8 Å². The Bertz CT molecular complexity index is 1240.